The molecule has 1 aliphatic heterocycles. The number of pyridine rings is 1. The summed E-state index contributed by atoms with van der Waals surface area (Å²) in [6, 6.07) is 6.30. The van der Waals surface area contributed by atoms with Crippen molar-refractivity contribution in [1.29, 1.82) is 0 Å². The second kappa shape index (κ2) is 7.44. The van der Waals surface area contributed by atoms with Gasteiger partial charge in [-0.25, -0.2) is 23.1 Å². The standard InChI is InChI=1S/C22H17F3N4O/c23-17-4-5-19-14(7-9-30-19)13(17)3-6-20-28-10-16(18-11-26-12-29(18)20)15-2-1-8-27-21(15)22(24)25/h1-2,4-5,8,10-12,22H,3,6-7,9H2. The normalized spacial score (nSPS) is 13.1. The highest BCUT2D eigenvalue weighted by molar-refractivity contribution is 5.80. The molecule has 0 unspecified atom stereocenters. The number of aryl methyl sites for hydroxylation is 1. The average Bonchev–Trinajstić information content (AvgIpc) is 3.42. The van der Waals surface area contributed by atoms with Gasteiger partial charge in [0.05, 0.1) is 18.3 Å². The van der Waals surface area contributed by atoms with Gasteiger partial charge in [-0.1, -0.05) is 6.07 Å². The fourth-order valence-electron chi connectivity index (χ4n) is 4.00. The molecule has 4 heterocycles. The molecule has 0 spiro atoms. The number of ether oxygens (including phenoxy) is 1. The van der Waals surface area contributed by atoms with Crippen molar-refractivity contribution in [2.75, 3.05) is 6.61 Å². The number of benzene rings is 1. The van der Waals surface area contributed by atoms with E-state index in [1.165, 1.54) is 12.3 Å². The minimum Gasteiger partial charge on any atom is -0.493 e. The zero-order chi connectivity index (χ0) is 20.7. The largest absolute Gasteiger partial charge is 0.493 e. The summed E-state index contributed by atoms with van der Waals surface area (Å²) in [7, 11) is 0. The number of halogens is 3. The first-order chi connectivity index (χ1) is 14.6. The van der Waals surface area contributed by atoms with Crippen LogP contribution in [0.1, 0.15) is 29.1 Å². The molecule has 30 heavy (non-hydrogen) atoms. The van der Waals surface area contributed by atoms with Gasteiger partial charge in [0.15, 0.2) is 0 Å². The Labute approximate surface area is 170 Å². The van der Waals surface area contributed by atoms with E-state index in [9.17, 15) is 13.2 Å². The summed E-state index contributed by atoms with van der Waals surface area (Å²) in [6.45, 7) is 0.558. The molecule has 0 bridgehead atoms. The van der Waals surface area contributed by atoms with Crippen LogP contribution in [-0.4, -0.2) is 26.0 Å². The molecule has 0 saturated carbocycles. The fourth-order valence-corrected chi connectivity index (χ4v) is 4.00. The highest BCUT2D eigenvalue weighted by atomic mass is 19.3. The van der Waals surface area contributed by atoms with E-state index in [0.717, 1.165) is 11.3 Å². The molecule has 0 saturated heterocycles. The Morgan fingerprint density at radius 3 is 2.83 bits per heavy atom. The van der Waals surface area contributed by atoms with Gasteiger partial charge in [-0.15, -0.1) is 0 Å². The van der Waals surface area contributed by atoms with E-state index in [2.05, 4.69) is 15.0 Å². The van der Waals surface area contributed by atoms with Crippen molar-refractivity contribution in [3.63, 3.8) is 0 Å². The van der Waals surface area contributed by atoms with Crippen molar-refractivity contribution in [3.05, 3.63) is 77.6 Å². The average molecular weight is 410 g/mol. The molecular weight excluding hydrogens is 393 g/mol. The van der Waals surface area contributed by atoms with E-state index in [1.807, 2.05) is 0 Å². The third-order valence-corrected chi connectivity index (χ3v) is 5.41. The molecule has 0 atom stereocenters. The summed E-state index contributed by atoms with van der Waals surface area (Å²) in [5, 5.41) is 0. The van der Waals surface area contributed by atoms with Gasteiger partial charge >= 0.3 is 0 Å². The number of hydrogen-bond donors (Lipinski definition) is 0. The molecule has 0 aliphatic carbocycles. The van der Waals surface area contributed by atoms with Crippen LogP contribution in [0.25, 0.3) is 16.6 Å². The number of nitrogens with zero attached hydrogens (tertiary/aromatic N) is 4. The van der Waals surface area contributed by atoms with E-state index >= 15 is 0 Å². The zero-order valence-corrected chi connectivity index (χ0v) is 15.9. The van der Waals surface area contributed by atoms with Crippen LogP contribution in [0.3, 0.4) is 0 Å². The van der Waals surface area contributed by atoms with Gasteiger partial charge in [0.25, 0.3) is 6.43 Å². The van der Waals surface area contributed by atoms with Gasteiger partial charge in [0, 0.05) is 41.9 Å². The molecule has 1 aromatic carbocycles. The number of aromatic nitrogens is 4. The van der Waals surface area contributed by atoms with Crippen LogP contribution in [0.4, 0.5) is 13.2 Å². The maximum Gasteiger partial charge on any atom is 0.280 e. The molecule has 152 valence electrons. The van der Waals surface area contributed by atoms with Crippen LogP contribution in [0.2, 0.25) is 0 Å². The van der Waals surface area contributed by atoms with Crippen molar-refractivity contribution in [2.45, 2.75) is 25.7 Å². The molecule has 0 radical (unpaired) electrons. The van der Waals surface area contributed by atoms with Crippen molar-refractivity contribution in [2.24, 2.45) is 0 Å². The lowest BCUT2D eigenvalue weighted by atomic mass is 9.99. The molecule has 1 aliphatic rings. The van der Waals surface area contributed by atoms with Crippen LogP contribution < -0.4 is 4.74 Å². The molecule has 3 aromatic heterocycles. The molecule has 5 rings (SSSR count). The minimum absolute atomic E-state index is 0.255. The molecule has 5 nitrogen and oxygen atoms in total. The summed E-state index contributed by atoms with van der Waals surface area (Å²) < 4.78 is 48.6. The van der Waals surface area contributed by atoms with E-state index in [0.29, 0.717) is 53.9 Å². The number of hydrogen-bond acceptors (Lipinski definition) is 4. The topological polar surface area (TPSA) is 52.3 Å². The number of alkyl halides is 2. The summed E-state index contributed by atoms with van der Waals surface area (Å²) in [6.07, 6.45) is 5.01. The van der Waals surface area contributed by atoms with Gasteiger partial charge in [-0.05, 0) is 30.2 Å². The quantitative estimate of drug-likeness (QED) is 0.483. The second-order valence-electron chi connectivity index (χ2n) is 7.07. The lowest BCUT2D eigenvalue weighted by molar-refractivity contribution is 0.147. The smallest absolute Gasteiger partial charge is 0.280 e. The van der Waals surface area contributed by atoms with Crippen LogP contribution in [0, 0.1) is 5.82 Å². The number of rotatable bonds is 5. The maximum absolute atomic E-state index is 14.4. The first-order valence-corrected chi connectivity index (χ1v) is 9.60. The van der Waals surface area contributed by atoms with Crippen molar-refractivity contribution in [3.8, 4) is 16.9 Å². The van der Waals surface area contributed by atoms with E-state index < -0.39 is 6.43 Å². The lowest BCUT2D eigenvalue weighted by Crippen LogP contribution is -2.06. The van der Waals surface area contributed by atoms with Crippen LogP contribution in [0.5, 0.6) is 5.75 Å². The predicted octanol–water partition coefficient (Wildman–Crippen LogP) is 4.59. The van der Waals surface area contributed by atoms with Gasteiger partial charge in [0.1, 0.15) is 29.4 Å². The van der Waals surface area contributed by atoms with Gasteiger partial charge in [-0.3, -0.25) is 9.38 Å². The highest BCUT2D eigenvalue weighted by Gasteiger charge is 2.21. The van der Waals surface area contributed by atoms with Gasteiger partial charge < -0.3 is 4.74 Å². The van der Waals surface area contributed by atoms with Gasteiger partial charge in [-0.2, -0.15) is 0 Å². The lowest BCUT2D eigenvalue weighted by Gasteiger charge is -2.13. The van der Waals surface area contributed by atoms with Crippen LogP contribution >= 0.6 is 0 Å². The molecule has 0 N–H and O–H groups in total. The Hall–Kier alpha value is -3.42. The molecule has 8 heteroatoms. The number of fused-ring (bicyclic) bond motifs is 2. The SMILES string of the molecule is Fc1ccc2c(c1CCc1ncc(-c3cccnc3C(F)F)c3cncn13)CCO2. The first-order valence-electron chi connectivity index (χ1n) is 9.60. The Morgan fingerprint density at radius 1 is 1.07 bits per heavy atom. The fraction of sp³-hybridized carbons (Fsp3) is 0.227. The van der Waals surface area contributed by atoms with E-state index in [4.69, 9.17) is 4.74 Å². The summed E-state index contributed by atoms with van der Waals surface area (Å²) >= 11 is 0. The first kappa shape index (κ1) is 18.6. The Morgan fingerprint density at radius 2 is 1.97 bits per heavy atom. The molecule has 0 amide bonds. The summed E-state index contributed by atoms with van der Waals surface area (Å²) in [5.74, 6) is 1.15. The van der Waals surface area contributed by atoms with E-state index in [1.54, 1.807) is 41.3 Å². The monoisotopic (exact) mass is 410 g/mol. The highest BCUT2D eigenvalue weighted by Crippen LogP contribution is 2.33. The van der Waals surface area contributed by atoms with Crippen molar-refractivity contribution < 1.29 is 17.9 Å². The van der Waals surface area contributed by atoms with Crippen molar-refractivity contribution in [1.82, 2.24) is 19.4 Å². The second-order valence-corrected chi connectivity index (χ2v) is 7.07. The Bertz CT molecular complexity index is 1240. The molecular formula is C22H17F3N4O. The van der Waals surface area contributed by atoms with E-state index in [-0.39, 0.29) is 11.5 Å². The van der Waals surface area contributed by atoms with Crippen LogP contribution in [0.15, 0.2) is 49.2 Å². The minimum atomic E-state index is -2.70. The van der Waals surface area contributed by atoms with Crippen LogP contribution in [-0.2, 0) is 19.3 Å². The molecule has 4 aromatic rings. The molecule has 0 fully saturated rings. The maximum atomic E-state index is 14.4. The Balaban J connectivity index is 1.51. The Kier molecular flexibility index (Phi) is 4.61. The van der Waals surface area contributed by atoms with Gasteiger partial charge in [0.2, 0.25) is 0 Å². The zero-order valence-electron chi connectivity index (χ0n) is 15.9. The van der Waals surface area contributed by atoms with Crippen molar-refractivity contribution >= 4 is 5.52 Å². The third kappa shape index (κ3) is 3.08. The third-order valence-electron chi connectivity index (χ3n) is 5.41. The predicted molar refractivity (Wildman–Crippen MR) is 104 cm³/mol. The number of imidazole rings is 1. The summed E-state index contributed by atoms with van der Waals surface area (Å²) in [4.78, 5) is 12.5. The summed E-state index contributed by atoms with van der Waals surface area (Å²) in [5.41, 5.74) is 2.75.